The average Bonchev–Trinajstić information content (AvgIpc) is 2.56. The first-order chi connectivity index (χ1) is 11.5. The summed E-state index contributed by atoms with van der Waals surface area (Å²) < 4.78 is 6.34. The molecular weight excluding hydrogens is 412 g/mol. The summed E-state index contributed by atoms with van der Waals surface area (Å²) >= 11 is 14.6. The average molecular weight is 428 g/mol. The molecule has 2 rings (SSSR count). The number of anilines is 1. The monoisotopic (exact) mass is 426 g/mol. The highest BCUT2D eigenvalue weighted by Crippen LogP contribution is 2.25. The maximum absolute atomic E-state index is 12.2. The van der Waals surface area contributed by atoms with Crippen molar-refractivity contribution < 1.29 is 9.53 Å². The molecule has 0 fully saturated rings. The van der Waals surface area contributed by atoms with Gasteiger partial charge in [-0.25, -0.2) is 0 Å². The molecule has 0 aliphatic heterocycles. The van der Waals surface area contributed by atoms with Gasteiger partial charge in [0.2, 0.25) is 0 Å². The molecule has 2 N–H and O–H groups in total. The van der Waals surface area contributed by atoms with Crippen LogP contribution in [0.3, 0.4) is 0 Å². The quantitative estimate of drug-likeness (QED) is 0.658. The first-order valence-electron chi connectivity index (χ1n) is 7.30. The zero-order valence-corrected chi connectivity index (χ0v) is 16.1. The number of thiocarbonyl (C=S) groups is 1. The fraction of sp³-hybridized carbons (Fsp3) is 0.176. The third-order valence-corrected chi connectivity index (χ3v) is 4.01. The third kappa shape index (κ3) is 5.47. The van der Waals surface area contributed by atoms with E-state index < -0.39 is 0 Å². The van der Waals surface area contributed by atoms with Crippen LogP contribution in [0.5, 0.6) is 5.75 Å². The highest BCUT2D eigenvalue weighted by molar-refractivity contribution is 9.10. The molecule has 4 nitrogen and oxygen atoms in total. The molecule has 0 radical (unpaired) electrons. The van der Waals surface area contributed by atoms with Crippen molar-refractivity contribution in [3.63, 3.8) is 0 Å². The SMILES string of the molecule is CCCOc1ccc(C(=O)NC(=S)Nc2ccc(Br)cc2Cl)cc1. The molecule has 0 saturated heterocycles. The smallest absolute Gasteiger partial charge is 0.257 e. The third-order valence-electron chi connectivity index (χ3n) is 3.00. The highest BCUT2D eigenvalue weighted by Gasteiger charge is 2.09. The molecule has 0 saturated carbocycles. The molecule has 0 aliphatic carbocycles. The number of amides is 1. The van der Waals surface area contributed by atoms with Gasteiger partial charge in [-0.2, -0.15) is 0 Å². The van der Waals surface area contributed by atoms with Crippen LogP contribution >= 0.6 is 39.7 Å². The van der Waals surface area contributed by atoms with Crippen molar-refractivity contribution in [2.45, 2.75) is 13.3 Å². The predicted molar refractivity (Wildman–Crippen MR) is 105 cm³/mol. The fourth-order valence-corrected chi connectivity index (χ4v) is 2.77. The van der Waals surface area contributed by atoms with E-state index in [0.29, 0.717) is 22.9 Å². The lowest BCUT2D eigenvalue weighted by Gasteiger charge is -2.11. The van der Waals surface area contributed by atoms with Gasteiger partial charge in [0.25, 0.3) is 5.91 Å². The second-order valence-electron chi connectivity index (χ2n) is 4.91. The van der Waals surface area contributed by atoms with Crippen LogP contribution in [0, 0.1) is 0 Å². The normalized spacial score (nSPS) is 10.1. The van der Waals surface area contributed by atoms with Crippen LogP contribution in [0.4, 0.5) is 5.69 Å². The van der Waals surface area contributed by atoms with E-state index >= 15 is 0 Å². The minimum atomic E-state index is -0.303. The van der Waals surface area contributed by atoms with E-state index in [1.54, 1.807) is 36.4 Å². The summed E-state index contributed by atoms with van der Waals surface area (Å²) in [6.45, 7) is 2.68. The number of halogens is 2. The summed E-state index contributed by atoms with van der Waals surface area (Å²) in [6.07, 6.45) is 0.931. The van der Waals surface area contributed by atoms with E-state index in [4.69, 9.17) is 28.6 Å². The Bertz CT molecular complexity index is 738. The van der Waals surface area contributed by atoms with Crippen molar-refractivity contribution in [2.75, 3.05) is 11.9 Å². The zero-order valence-electron chi connectivity index (χ0n) is 12.9. The van der Waals surface area contributed by atoms with Gasteiger partial charge in [0.15, 0.2) is 5.11 Å². The molecular formula is C17H16BrClN2O2S. The highest BCUT2D eigenvalue weighted by atomic mass is 79.9. The molecule has 7 heteroatoms. The lowest BCUT2D eigenvalue weighted by atomic mass is 10.2. The van der Waals surface area contributed by atoms with Crippen LogP contribution in [0.25, 0.3) is 0 Å². The van der Waals surface area contributed by atoms with Crippen LogP contribution in [-0.2, 0) is 0 Å². The van der Waals surface area contributed by atoms with Gasteiger partial charge in [0.05, 0.1) is 17.3 Å². The molecule has 0 unspecified atom stereocenters. The fourth-order valence-electron chi connectivity index (χ4n) is 1.84. The number of benzene rings is 2. The van der Waals surface area contributed by atoms with Gasteiger partial charge < -0.3 is 10.1 Å². The number of hydrogen-bond donors (Lipinski definition) is 2. The molecule has 126 valence electrons. The van der Waals surface area contributed by atoms with Crippen LogP contribution in [0.1, 0.15) is 23.7 Å². The lowest BCUT2D eigenvalue weighted by molar-refractivity contribution is 0.0977. The summed E-state index contributed by atoms with van der Waals surface area (Å²) in [5, 5.41) is 6.19. The Morgan fingerprint density at radius 3 is 2.58 bits per heavy atom. The Hall–Kier alpha value is -1.63. The Morgan fingerprint density at radius 1 is 1.25 bits per heavy atom. The standard InChI is InChI=1S/C17H16BrClN2O2S/c1-2-9-23-13-6-3-11(4-7-13)16(22)21-17(24)20-15-8-5-12(18)10-14(15)19/h3-8,10H,2,9H2,1H3,(H2,20,21,22,24). The Balaban J connectivity index is 1.94. The van der Waals surface area contributed by atoms with Gasteiger partial charge in [0.1, 0.15) is 5.75 Å². The molecule has 1 amide bonds. The van der Waals surface area contributed by atoms with Crippen molar-refractivity contribution in [1.29, 1.82) is 0 Å². The number of hydrogen-bond acceptors (Lipinski definition) is 3. The van der Waals surface area contributed by atoms with Gasteiger partial charge in [-0.15, -0.1) is 0 Å². The van der Waals surface area contributed by atoms with Gasteiger partial charge in [-0.1, -0.05) is 34.5 Å². The molecule has 0 bridgehead atoms. The lowest BCUT2D eigenvalue weighted by Crippen LogP contribution is -2.34. The molecule has 24 heavy (non-hydrogen) atoms. The van der Waals surface area contributed by atoms with Crippen molar-refractivity contribution in [1.82, 2.24) is 5.32 Å². The van der Waals surface area contributed by atoms with Crippen LogP contribution in [0.15, 0.2) is 46.9 Å². The second kappa shape index (κ2) is 9.01. The maximum atomic E-state index is 12.2. The van der Waals surface area contributed by atoms with Crippen LogP contribution in [0.2, 0.25) is 5.02 Å². The van der Waals surface area contributed by atoms with Gasteiger partial charge >= 0.3 is 0 Å². The number of nitrogens with one attached hydrogen (secondary N) is 2. The van der Waals surface area contributed by atoms with E-state index in [9.17, 15) is 4.79 Å². The van der Waals surface area contributed by atoms with Gasteiger partial charge in [0, 0.05) is 10.0 Å². The van der Waals surface area contributed by atoms with E-state index in [1.165, 1.54) is 0 Å². The van der Waals surface area contributed by atoms with Gasteiger partial charge in [-0.3, -0.25) is 10.1 Å². The molecule has 0 atom stereocenters. The summed E-state index contributed by atoms with van der Waals surface area (Å²) in [7, 11) is 0. The summed E-state index contributed by atoms with van der Waals surface area (Å²) in [6, 6.07) is 12.2. The molecule has 0 aliphatic rings. The van der Waals surface area contributed by atoms with E-state index in [2.05, 4.69) is 26.6 Å². The molecule has 2 aromatic carbocycles. The molecule has 0 heterocycles. The first-order valence-corrected chi connectivity index (χ1v) is 8.87. The van der Waals surface area contributed by atoms with Crippen LogP contribution < -0.4 is 15.4 Å². The summed E-state index contributed by atoms with van der Waals surface area (Å²) in [4.78, 5) is 12.2. The molecule has 0 aromatic heterocycles. The van der Waals surface area contributed by atoms with Crippen LogP contribution in [-0.4, -0.2) is 17.6 Å². The van der Waals surface area contributed by atoms with Gasteiger partial charge in [-0.05, 0) is 61.1 Å². The summed E-state index contributed by atoms with van der Waals surface area (Å²) in [5.74, 6) is 0.429. The van der Waals surface area contributed by atoms with E-state index in [-0.39, 0.29) is 11.0 Å². The minimum Gasteiger partial charge on any atom is -0.494 e. The largest absolute Gasteiger partial charge is 0.494 e. The molecule has 0 spiro atoms. The topological polar surface area (TPSA) is 50.4 Å². The zero-order chi connectivity index (χ0) is 17.5. The molecule has 2 aromatic rings. The number of ether oxygens (including phenoxy) is 1. The maximum Gasteiger partial charge on any atom is 0.257 e. The Labute approximate surface area is 159 Å². The number of carbonyl (C=O) groups excluding carboxylic acids is 1. The first kappa shape index (κ1) is 18.7. The summed E-state index contributed by atoms with van der Waals surface area (Å²) in [5.41, 5.74) is 1.11. The van der Waals surface area contributed by atoms with Crippen molar-refractivity contribution in [3.05, 3.63) is 57.5 Å². The second-order valence-corrected chi connectivity index (χ2v) is 6.64. The minimum absolute atomic E-state index is 0.176. The van der Waals surface area contributed by atoms with Crippen molar-refractivity contribution >= 4 is 56.5 Å². The van der Waals surface area contributed by atoms with E-state index in [0.717, 1.165) is 16.6 Å². The predicted octanol–water partition coefficient (Wildman–Crippen LogP) is 5.02. The Morgan fingerprint density at radius 2 is 1.96 bits per heavy atom. The van der Waals surface area contributed by atoms with E-state index in [1.807, 2.05) is 13.0 Å². The Kier molecular flexibility index (Phi) is 7.02. The van der Waals surface area contributed by atoms with Crippen molar-refractivity contribution in [2.24, 2.45) is 0 Å². The number of carbonyl (C=O) groups is 1. The number of rotatable bonds is 5. The van der Waals surface area contributed by atoms with Crippen molar-refractivity contribution in [3.8, 4) is 5.75 Å².